The number of hydrogen-bond acceptors (Lipinski definition) is 8. The van der Waals surface area contributed by atoms with Gasteiger partial charge in [-0.3, -0.25) is 0 Å². The van der Waals surface area contributed by atoms with Crippen LogP contribution in [0.5, 0.6) is 0 Å². The number of hydrogen-bond donors (Lipinski definition) is 2. The second kappa shape index (κ2) is 6.41. The Kier molecular flexibility index (Phi) is 4.59. The zero-order valence-electron chi connectivity index (χ0n) is 9.48. The molecule has 0 aliphatic heterocycles. The molecular weight excluding hydrogens is 268 g/mol. The molecule has 4 N–H and O–H groups in total. The summed E-state index contributed by atoms with van der Waals surface area (Å²) in [6.45, 7) is 0. The SMILES string of the molecule is Nc1ccc(SCCSc2ccc(N)nn2)nn1. The van der Waals surface area contributed by atoms with E-state index in [-0.39, 0.29) is 0 Å². The topological polar surface area (TPSA) is 104 Å². The fraction of sp³-hybridized carbons (Fsp3) is 0.200. The fourth-order valence-electron chi connectivity index (χ4n) is 1.11. The quantitative estimate of drug-likeness (QED) is 0.624. The van der Waals surface area contributed by atoms with E-state index < -0.39 is 0 Å². The molecule has 2 heterocycles. The van der Waals surface area contributed by atoms with E-state index in [0.29, 0.717) is 11.6 Å². The van der Waals surface area contributed by atoms with Crippen molar-refractivity contribution < 1.29 is 0 Å². The first-order chi connectivity index (χ1) is 8.74. The highest BCUT2D eigenvalue weighted by molar-refractivity contribution is 8.02. The van der Waals surface area contributed by atoms with E-state index in [1.165, 1.54) is 0 Å². The summed E-state index contributed by atoms with van der Waals surface area (Å²) >= 11 is 3.26. The fourth-order valence-corrected chi connectivity index (χ4v) is 2.72. The molecule has 0 amide bonds. The highest BCUT2D eigenvalue weighted by atomic mass is 32.2. The van der Waals surface area contributed by atoms with Gasteiger partial charge in [-0.15, -0.1) is 43.9 Å². The van der Waals surface area contributed by atoms with Gasteiger partial charge in [-0.25, -0.2) is 0 Å². The summed E-state index contributed by atoms with van der Waals surface area (Å²) in [7, 11) is 0. The molecule has 0 bridgehead atoms. The van der Waals surface area contributed by atoms with Gasteiger partial charge in [0, 0.05) is 11.5 Å². The Morgan fingerprint density at radius 2 is 1.17 bits per heavy atom. The van der Waals surface area contributed by atoms with Crippen molar-refractivity contribution in [3.63, 3.8) is 0 Å². The first-order valence-corrected chi connectivity index (χ1v) is 7.15. The van der Waals surface area contributed by atoms with Crippen LogP contribution in [0.1, 0.15) is 0 Å². The van der Waals surface area contributed by atoms with Crippen molar-refractivity contribution in [3.05, 3.63) is 24.3 Å². The molecule has 94 valence electrons. The highest BCUT2D eigenvalue weighted by Crippen LogP contribution is 2.20. The summed E-state index contributed by atoms with van der Waals surface area (Å²) in [6.07, 6.45) is 0. The standard InChI is InChI=1S/C10H12N6S2/c11-7-1-3-9(15-13-7)17-5-6-18-10-4-2-8(12)14-16-10/h1-4H,5-6H2,(H2,11,13)(H2,12,14). The molecule has 0 atom stereocenters. The molecule has 0 aliphatic carbocycles. The molecule has 0 saturated carbocycles. The minimum absolute atomic E-state index is 0.436. The minimum atomic E-state index is 0.436. The third-order valence-electron chi connectivity index (χ3n) is 1.90. The maximum atomic E-state index is 5.46. The zero-order chi connectivity index (χ0) is 12.8. The summed E-state index contributed by atoms with van der Waals surface area (Å²) in [5, 5.41) is 17.3. The van der Waals surface area contributed by atoms with Gasteiger partial charge in [0.2, 0.25) is 0 Å². The van der Waals surface area contributed by atoms with Crippen molar-refractivity contribution in [2.24, 2.45) is 0 Å². The molecule has 0 saturated heterocycles. The third kappa shape index (κ3) is 4.04. The maximum Gasteiger partial charge on any atom is 0.146 e. The van der Waals surface area contributed by atoms with Gasteiger partial charge in [0.1, 0.15) is 21.7 Å². The van der Waals surface area contributed by atoms with Crippen LogP contribution in [0.4, 0.5) is 11.6 Å². The summed E-state index contributed by atoms with van der Waals surface area (Å²) in [4.78, 5) is 0. The van der Waals surface area contributed by atoms with Crippen molar-refractivity contribution in [1.82, 2.24) is 20.4 Å². The van der Waals surface area contributed by atoms with E-state index in [1.54, 1.807) is 35.7 Å². The second-order valence-electron chi connectivity index (χ2n) is 3.29. The van der Waals surface area contributed by atoms with Gasteiger partial charge in [0.25, 0.3) is 0 Å². The van der Waals surface area contributed by atoms with Crippen LogP contribution in [-0.4, -0.2) is 31.9 Å². The predicted octanol–water partition coefficient (Wildman–Crippen LogP) is 1.32. The number of thioether (sulfide) groups is 2. The van der Waals surface area contributed by atoms with Crippen LogP contribution in [0.15, 0.2) is 34.3 Å². The van der Waals surface area contributed by atoms with E-state index in [2.05, 4.69) is 20.4 Å². The Morgan fingerprint density at radius 3 is 1.50 bits per heavy atom. The number of nitrogens with two attached hydrogens (primary N) is 2. The van der Waals surface area contributed by atoms with Gasteiger partial charge in [-0.1, -0.05) is 0 Å². The smallest absolute Gasteiger partial charge is 0.146 e. The van der Waals surface area contributed by atoms with Crippen LogP contribution in [-0.2, 0) is 0 Å². The van der Waals surface area contributed by atoms with E-state index >= 15 is 0 Å². The molecule has 0 radical (unpaired) electrons. The largest absolute Gasteiger partial charge is 0.382 e. The lowest BCUT2D eigenvalue weighted by Gasteiger charge is -2.00. The second-order valence-corrected chi connectivity index (χ2v) is 5.52. The Labute approximate surface area is 113 Å². The normalized spacial score (nSPS) is 10.4. The highest BCUT2D eigenvalue weighted by Gasteiger charge is 1.99. The van der Waals surface area contributed by atoms with Crippen molar-refractivity contribution in [3.8, 4) is 0 Å². The number of aromatic nitrogens is 4. The molecule has 0 unspecified atom stereocenters. The Hall–Kier alpha value is -1.54. The molecule has 18 heavy (non-hydrogen) atoms. The average molecular weight is 280 g/mol. The van der Waals surface area contributed by atoms with E-state index in [1.807, 2.05) is 12.1 Å². The van der Waals surface area contributed by atoms with Gasteiger partial charge in [-0.05, 0) is 24.3 Å². The monoisotopic (exact) mass is 280 g/mol. The molecule has 0 aliphatic rings. The average Bonchev–Trinajstić information content (AvgIpc) is 2.39. The van der Waals surface area contributed by atoms with Crippen molar-refractivity contribution in [2.75, 3.05) is 23.0 Å². The van der Waals surface area contributed by atoms with Gasteiger partial charge < -0.3 is 11.5 Å². The van der Waals surface area contributed by atoms with Crippen molar-refractivity contribution in [1.29, 1.82) is 0 Å². The summed E-state index contributed by atoms with van der Waals surface area (Å²) in [6, 6.07) is 7.21. The molecule has 2 aromatic rings. The predicted molar refractivity (Wildman–Crippen MR) is 74.3 cm³/mol. The summed E-state index contributed by atoms with van der Waals surface area (Å²) < 4.78 is 0. The number of nitrogens with zero attached hydrogens (tertiary/aromatic N) is 4. The first-order valence-electron chi connectivity index (χ1n) is 5.18. The summed E-state index contributed by atoms with van der Waals surface area (Å²) in [5.74, 6) is 2.70. The Morgan fingerprint density at radius 1 is 0.722 bits per heavy atom. The van der Waals surface area contributed by atoms with Gasteiger partial charge in [-0.2, -0.15) is 0 Å². The lowest BCUT2D eigenvalue weighted by atomic mass is 10.5. The van der Waals surface area contributed by atoms with Gasteiger partial charge >= 0.3 is 0 Å². The van der Waals surface area contributed by atoms with Crippen LogP contribution < -0.4 is 11.5 Å². The molecule has 8 heteroatoms. The zero-order valence-corrected chi connectivity index (χ0v) is 11.1. The number of rotatable bonds is 5. The summed E-state index contributed by atoms with van der Waals surface area (Å²) in [5.41, 5.74) is 10.9. The molecule has 6 nitrogen and oxygen atoms in total. The molecule has 0 spiro atoms. The van der Waals surface area contributed by atoms with Crippen molar-refractivity contribution >= 4 is 35.2 Å². The van der Waals surface area contributed by atoms with Crippen molar-refractivity contribution in [2.45, 2.75) is 10.1 Å². The Balaban J connectivity index is 1.73. The number of nitrogen functional groups attached to an aromatic ring is 2. The Bertz CT molecular complexity index is 439. The lowest BCUT2D eigenvalue weighted by molar-refractivity contribution is 0.937. The van der Waals surface area contributed by atoms with Crippen LogP contribution in [0.2, 0.25) is 0 Å². The van der Waals surface area contributed by atoms with E-state index in [9.17, 15) is 0 Å². The van der Waals surface area contributed by atoms with Gasteiger partial charge in [0.05, 0.1) is 0 Å². The molecule has 2 rings (SSSR count). The molecule has 0 aromatic carbocycles. The van der Waals surface area contributed by atoms with Gasteiger partial charge in [0.15, 0.2) is 0 Å². The molecule has 2 aromatic heterocycles. The van der Waals surface area contributed by atoms with E-state index in [0.717, 1.165) is 21.6 Å². The minimum Gasteiger partial charge on any atom is -0.382 e. The van der Waals surface area contributed by atoms with Crippen LogP contribution in [0, 0.1) is 0 Å². The van der Waals surface area contributed by atoms with E-state index in [4.69, 9.17) is 11.5 Å². The molecule has 0 fully saturated rings. The number of anilines is 2. The van der Waals surface area contributed by atoms with Crippen LogP contribution in [0.3, 0.4) is 0 Å². The molecular formula is C10H12N6S2. The van der Waals surface area contributed by atoms with Crippen LogP contribution >= 0.6 is 23.5 Å². The first kappa shape index (κ1) is 12.9. The maximum absolute atomic E-state index is 5.46. The third-order valence-corrected chi connectivity index (χ3v) is 4.01. The lowest BCUT2D eigenvalue weighted by Crippen LogP contribution is -1.95. The van der Waals surface area contributed by atoms with Crippen LogP contribution in [0.25, 0.3) is 0 Å².